The molecule has 1 aliphatic rings. The van der Waals surface area contributed by atoms with Crippen molar-refractivity contribution in [1.82, 2.24) is 10.5 Å². The highest BCUT2D eigenvalue weighted by Gasteiger charge is 2.18. The molecule has 1 N–H and O–H groups in total. The molecule has 18 heavy (non-hydrogen) atoms. The average Bonchev–Trinajstić information content (AvgIpc) is 2.81. The molecule has 0 bridgehead atoms. The smallest absolute Gasteiger partial charge is 0.233 e. The predicted molar refractivity (Wildman–Crippen MR) is 65.9 cm³/mol. The van der Waals surface area contributed by atoms with Gasteiger partial charge in [-0.05, 0) is 11.6 Å². The largest absolute Gasteiger partial charge is 0.276 e. The summed E-state index contributed by atoms with van der Waals surface area (Å²) in [7, 11) is 0. The fourth-order valence-corrected chi connectivity index (χ4v) is 1.67. The van der Waals surface area contributed by atoms with Gasteiger partial charge in [0, 0.05) is 0 Å². The third-order valence-electron chi connectivity index (χ3n) is 2.36. The van der Waals surface area contributed by atoms with Crippen LogP contribution in [0.25, 0.3) is 0 Å². The normalized spacial score (nSPS) is 18.1. The Labute approximate surface area is 110 Å². The lowest BCUT2D eigenvalue weighted by Crippen LogP contribution is -2.31. The van der Waals surface area contributed by atoms with Gasteiger partial charge in [0.2, 0.25) is 6.41 Å². The van der Waals surface area contributed by atoms with Crippen LogP contribution in [0.5, 0.6) is 0 Å². The summed E-state index contributed by atoms with van der Waals surface area (Å²) in [6.07, 6.45) is 1.98. The second-order valence-corrected chi connectivity index (χ2v) is 4.14. The van der Waals surface area contributed by atoms with Crippen molar-refractivity contribution in [2.75, 3.05) is 6.54 Å². The van der Waals surface area contributed by atoms with Crippen molar-refractivity contribution in [1.29, 1.82) is 0 Å². The molecule has 5 nitrogen and oxygen atoms in total. The monoisotopic (exact) mass is 268 g/mol. The Morgan fingerprint density at radius 1 is 1.44 bits per heavy atom. The quantitative estimate of drug-likeness (QED) is 0.483. The van der Waals surface area contributed by atoms with Gasteiger partial charge in [-0.1, -0.05) is 41.9 Å². The molecule has 1 amide bonds. The van der Waals surface area contributed by atoms with Crippen LogP contribution >= 0.6 is 11.6 Å². The molecule has 0 saturated heterocycles. The molecule has 96 valence electrons. The van der Waals surface area contributed by atoms with E-state index in [-0.39, 0.29) is 12.6 Å². The molecule has 2 rings (SSSR count). The minimum absolute atomic E-state index is 0.277. The maximum Gasteiger partial charge on any atom is 0.233 e. The number of rotatable bonds is 6. The summed E-state index contributed by atoms with van der Waals surface area (Å²) in [5, 5.41) is 1.60. The molecule has 0 spiro atoms. The number of nitrogens with zero attached hydrogens (tertiary/aromatic N) is 1. The molecule has 1 aromatic rings. The Hall–Kier alpha value is -1.56. The zero-order valence-corrected chi connectivity index (χ0v) is 10.3. The molecule has 6 heteroatoms. The minimum atomic E-state index is -0.307. The van der Waals surface area contributed by atoms with Gasteiger partial charge in [0.15, 0.2) is 0 Å². The van der Waals surface area contributed by atoms with E-state index in [1.807, 2.05) is 30.3 Å². The first-order valence-corrected chi connectivity index (χ1v) is 5.83. The van der Waals surface area contributed by atoms with Crippen LogP contribution in [0.4, 0.5) is 0 Å². The Morgan fingerprint density at radius 3 is 2.83 bits per heavy atom. The summed E-state index contributed by atoms with van der Waals surface area (Å²) >= 11 is 5.68. The van der Waals surface area contributed by atoms with E-state index in [9.17, 15) is 4.79 Å². The van der Waals surface area contributed by atoms with E-state index in [1.165, 1.54) is 5.06 Å². The highest BCUT2D eigenvalue weighted by atomic mass is 35.5. The molecule has 1 aromatic carbocycles. The fourth-order valence-electron chi connectivity index (χ4n) is 1.49. The Morgan fingerprint density at radius 2 is 2.22 bits per heavy atom. The van der Waals surface area contributed by atoms with E-state index < -0.39 is 0 Å². The SMILES string of the molecule is O=CN(CC1C=C(Cl)NO1)OCc1ccccc1. The highest BCUT2D eigenvalue weighted by molar-refractivity contribution is 6.29. The summed E-state index contributed by atoms with van der Waals surface area (Å²) in [5.74, 6) is 0. The molecule has 1 unspecified atom stereocenters. The number of benzene rings is 1. The van der Waals surface area contributed by atoms with Crippen molar-refractivity contribution in [3.63, 3.8) is 0 Å². The van der Waals surface area contributed by atoms with Crippen molar-refractivity contribution in [2.45, 2.75) is 12.7 Å². The number of carbonyl (C=O) groups is 1. The standard InChI is InChI=1S/C12H13ClN2O3/c13-12-6-11(18-14-12)7-15(9-16)17-8-10-4-2-1-3-5-10/h1-6,9,11,14H,7-8H2. The number of nitrogens with one attached hydrogen (secondary N) is 1. The molecule has 0 aliphatic carbocycles. The van der Waals surface area contributed by atoms with E-state index >= 15 is 0 Å². The first kappa shape index (κ1) is 12.9. The molecule has 0 saturated carbocycles. The van der Waals surface area contributed by atoms with Crippen LogP contribution in [0.3, 0.4) is 0 Å². The molecular formula is C12H13ClN2O3. The van der Waals surface area contributed by atoms with E-state index in [4.69, 9.17) is 21.3 Å². The lowest BCUT2D eigenvalue weighted by Gasteiger charge is -2.19. The molecule has 0 aromatic heterocycles. The number of hydrogen-bond acceptors (Lipinski definition) is 4. The average molecular weight is 269 g/mol. The maximum atomic E-state index is 10.9. The number of halogens is 1. The van der Waals surface area contributed by atoms with Gasteiger partial charge in [-0.2, -0.15) is 0 Å². The molecule has 1 heterocycles. The molecule has 0 fully saturated rings. The van der Waals surface area contributed by atoms with E-state index in [1.54, 1.807) is 6.08 Å². The van der Waals surface area contributed by atoms with Gasteiger partial charge in [0.1, 0.15) is 17.9 Å². The highest BCUT2D eigenvalue weighted by Crippen LogP contribution is 2.11. The van der Waals surface area contributed by atoms with Crippen LogP contribution in [-0.4, -0.2) is 24.1 Å². The van der Waals surface area contributed by atoms with Gasteiger partial charge in [0.05, 0.1) is 6.54 Å². The lowest BCUT2D eigenvalue weighted by molar-refractivity contribution is -0.185. The number of carbonyl (C=O) groups excluding carboxylic acids is 1. The van der Waals surface area contributed by atoms with E-state index in [2.05, 4.69) is 5.48 Å². The first-order chi connectivity index (χ1) is 8.78. The summed E-state index contributed by atoms with van der Waals surface area (Å²) in [6, 6.07) is 9.60. The van der Waals surface area contributed by atoms with Gasteiger partial charge in [-0.15, -0.1) is 0 Å². The maximum absolute atomic E-state index is 10.9. The summed E-state index contributed by atoms with van der Waals surface area (Å²) in [4.78, 5) is 21.3. The molecule has 1 atom stereocenters. The minimum Gasteiger partial charge on any atom is -0.276 e. The zero-order chi connectivity index (χ0) is 12.8. The predicted octanol–water partition coefficient (Wildman–Crippen LogP) is 1.56. The second kappa shape index (κ2) is 6.39. The van der Waals surface area contributed by atoms with Crippen molar-refractivity contribution in [2.24, 2.45) is 0 Å². The molecule has 0 radical (unpaired) electrons. The topological polar surface area (TPSA) is 50.8 Å². The van der Waals surface area contributed by atoms with Crippen LogP contribution in [0.2, 0.25) is 0 Å². The van der Waals surface area contributed by atoms with Gasteiger partial charge in [0.25, 0.3) is 0 Å². The summed E-state index contributed by atoms with van der Waals surface area (Å²) < 4.78 is 0. The molecule has 1 aliphatic heterocycles. The number of hydrogen-bond donors (Lipinski definition) is 1. The van der Waals surface area contributed by atoms with Gasteiger partial charge in [-0.3, -0.25) is 19.9 Å². The van der Waals surface area contributed by atoms with Crippen molar-refractivity contribution in [3.8, 4) is 0 Å². The van der Waals surface area contributed by atoms with Gasteiger partial charge < -0.3 is 0 Å². The second-order valence-electron chi connectivity index (χ2n) is 3.74. The van der Waals surface area contributed by atoms with Crippen LogP contribution < -0.4 is 5.48 Å². The van der Waals surface area contributed by atoms with Crippen LogP contribution in [0, 0.1) is 0 Å². The van der Waals surface area contributed by atoms with Crippen molar-refractivity contribution < 1.29 is 14.5 Å². The first-order valence-electron chi connectivity index (χ1n) is 5.45. The third kappa shape index (κ3) is 3.73. The molecular weight excluding hydrogens is 256 g/mol. The lowest BCUT2D eigenvalue weighted by atomic mass is 10.2. The number of hydroxylamine groups is 3. The zero-order valence-electron chi connectivity index (χ0n) is 9.58. The number of amides is 1. The Bertz CT molecular complexity index is 425. The Kier molecular flexibility index (Phi) is 4.58. The van der Waals surface area contributed by atoms with E-state index in [0.29, 0.717) is 18.2 Å². The summed E-state index contributed by atoms with van der Waals surface area (Å²) in [5.41, 5.74) is 3.49. The van der Waals surface area contributed by atoms with Crippen LogP contribution in [-0.2, 0) is 21.1 Å². The van der Waals surface area contributed by atoms with Gasteiger partial charge in [-0.25, -0.2) is 5.06 Å². The van der Waals surface area contributed by atoms with Crippen LogP contribution in [0.15, 0.2) is 41.6 Å². The van der Waals surface area contributed by atoms with Gasteiger partial charge >= 0.3 is 0 Å². The van der Waals surface area contributed by atoms with Crippen molar-refractivity contribution >= 4 is 18.0 Å². The third-order valence-corrected chi connectivity index (χ3v) is 2.56. The fraction of sp³-hybridized carbons (Fsp3) is 0.250. The summed E-state index contributed by atoms with van der Waals surface area (Å²) in [6.45, 7) is 0.608. The Balaban J connectivity index is 1.81. The van der Waals surface area contributed by atoms with E-state index in [0.717, 1.165) is 5.56 Å². The van der Waals surface area contributed by atoms with Crippen LogP contribution in [0.1, 0.15) is 5.56 Å². The van der Waals surface area contributed by atoms with Crippen molar-refractivity contribution in [3.05, 3.63) is 47.1 Å².